The van der Waals surface area contributed by atoms with E-state index in [1.165, 1.54) is 19.2 Å². The SMILES string of the molecule is C.COc1ccc(-c2ccc(OC)c(F)c2F)cc1. The van der Waals surface area contributed by atoms with E-state index in [1.807, 2.05) is 0 Å². The molecule has 0 unspecified atom stereocenters. The minimum Gasteiger partial charge on any atom is -0.497 e. The number of methoxy groups -OCH3 is 2. The molecular weight excluding hydrogens is 250 g/mol. The molecule has 2 rings (SSSR count). The molecule has 0 saturated carbocycles. The number of ether oxygens (including phenoxy) is 2. The standard InChI is InChI=1S/C14H12F2O2.CH4/c1-17-10-5-3-9(4-6-10)11-7-8-12(18-2)14(16)13(11)15;/h3-8H,1-2H3;1H4. The molecule has 2 aromatic carbocycles. The van der Waals surface area contributed by atoms with E-state index in [4.69, 9.17) is 9.47 Å². The zero-order chi connectivity index (χ0) is 13.1. The van der Waals surface area contributed by atoms with Gasteiger partial charge in [0.15, 0.2) is 11.6 Å². The van der Waals surface area contributed by atoms with Crippen molar-refractivity contribution >= 4 is 0 Å². The number of rotatable bonds is 3. The zero-order valence-corrected chi connectivity index (χ0v) is 10.0. The molecule has 0 spiro atoms. The van der Waals surface area contributed by atoms with Gasteiger partial charge in [0.2, 0.25) is 5.82 Å². The van der Waals surface area contributed by atoms with Crippen molar-refractivity contribution in [2.24, 2.45) is 0 Å². The van der Waals surface area contributed by atoms with Crippen LogP contribution in [0.25, 0.3) is 11.1 Å². The summed E-state index contributed by atoms with van der Waals surface area (Å²) in [6.07, 6.45) is 0. The minimum absolute atomic E-state index is 0. The van der Waals surface area contributed by atoms with E-state index in [1.54, 1.807) is 31.4 Å². The van der Waals surface area contributed by atoms with Crippen molar-refractivity contribution in [3.05, 3.63) is 48.0 Å². The second kappa shape index (κ2) is 6.18. The molecule has 0 fully saturated rings. The van der Waals surface area contributed by atoms with Gasteiger partial charge in [0.05, 0.1) is 14.2 Å². The normalized spacial score (nSPS) is 9.68. The largest absolute Gasteiger partial charge is 0.497 e. The highest BCUT2D eigenvalue weighted by Gasteiger charge is 2.14. The Kier molecular flexibility index (Phi) is 4.87. The first-order valence-electron chi connectivity index (χ1n) is 5.33. The van der Waals surface area contributed by atoms with Gasteiger partial charge >= 0.3 is 0 Å². The van der Waals surface area contributed by atoms with Crippen molar-refractivity contribution in [1.29, 1.82) is 0 Å². The van der Waals surface area contributed by atoms with E-state index in [9.17, 15) is 8.78 Å². The van der Waals surface area contributed by atoms with Crippen LogP contribution in [0, 0.1) is 11.6 Å². The average molecular weight is 266 g/mol. The van der Waals surface area contributed by atoms with E-state index < -0.39 is 11.6 Å². The number of halogens is 2. The highest BCUT2D eigenvalue weighted by atomic mass is 19.2. The maximum absolute atomic E-state index is 13.8. The Bertz CT molecular complexity index is 551. The highest BCUT2D eigenvalue weighted by Crippen LogP contribution is 2.30. The summed E-state index contributed by atoms with van der Waals surface area (Å²) in [5.41, 5.74) is 0.769. The van der Waals surface area contributed by atoms with Crippen LogP contribution in [0.1, 0.15) is 7.43 Å². The molecule has 2 nitrogen and oxygen atoms in total. The molecule has 0 saturated heterocycles. The Labute approximate surface area is 111 Å². The van der Waals surface area contributed by atoms with Gasteiger partial charge in [-0.15, -0.1) is 0 Å². The predicted octanol–water partition coefficient (Wildman–Crippen LogP) is 4.29. The molecule has 0 heterocycles. The lowest BCUT2D eigenvalue weighted by atomic mass is 10.0. The van der Waals surface area contributed by atoms with Crippen LogP contribution >= 0.6 is 0 Å². The van der Waals surface area contributed by atoms with E-state index in [2.05, 4.69) is 0 Å². The number of hydrogen-bond donors (Lipinski definition) is 0. The summed E-state index contributed by atoms with van der Waals surface area (Å²) >= 11 is 0. The van der Waals surface area contributed by atoms with E-state index in [0.29, 0.717) is 11.3 Å². The summed E-state index contributed by atoms with van der Waals surface area (Å²) in [4.78, 5) is 0. The fraction of sp³-hybridized carbons (Fsp3) is 0.200. The first-order valence-corrected chi connectivity index (χ1v) is 5.33. The van der Waals surface area contributed by atoms with Crippen LogP contribution in [0.15, 0.2) is 36.4 Å². The van der Waals surface area contributed by atoms with Gasteiger partial charge in [0.25, 0.3) is 0 Å². The molecule has 0 amide bonds. The zero-order valence-electron chi connectivity index (χ0n) is 10.0. The van der Waals surface area contributed by atoms with E-state index in [-0.39, 0.29) is 18.7 Å². The summed E-state index contributed by atoms with van der Waals surface area (Å²) in [5.74, 6) is -1.34. The summed E-state index contributed by atoms with van der Waals surface area (Å²) in [7, 11) is 2.84. The summed E-state index contributed by atoms with van der Waals surface area (Å²) < 4.78 is 37.1. The Morgan fingerprint density at radius 2 is 1.42 bits per heavy atom. The molecule has 0 radical (unpaired) electrons. The summed E-state index contributed by atoms with van der Waals surface area (Å²) in [5, 5.41) is 0. The van der Waals surface area contributed by atoms with Crippen LogP contribution in [-0.4, -0.2) is 14.2 Å². The third-order valence-corrected chi connectivity index (χ3v) is 2.67. The molecule has 0 N–H and O–H groups in total. The lowest BCUT2D eigenvalue weighted by molar-refractivity contribution is 0.372. The van der Waals surface area contributed by atoms with Gasteiger partial charge in [0, 0.05) is 5.56 Å². The Hall–Kier alpha value is -2.10. The first kappa shape index (κ1) is 15.0. The van der Waals surface area contributed by atoms with E-state index in [0.717, 1.165) is 0 Å². The topological polar surface area (TPSA) is 18.5 Å². The third kappa shape index (κ3) is 2.84. The van der Waals surface area contributed by atoms with Gasteiger partial charge in [-0.2, -0.15) is 4.39 Å². The van der Waals surface area contributed by atoms with Crippen molar-refractivity contribution in [2.75, 3.05) is 14.2 Å². The van der Waals surface area contributed by atoms with Gasteiger partial charge in [0.1, 0.15) is 5.75 Å². The van der Waals surface area contributed by atoms with Crippen molar-refractivity contribution in [1.82, 2.24) is 0 Å². The quantitative estimate of drug-likeness (QED) is 0.825. The van der Waals surface area contributed by atoms with E-state index >= 15 is 0 Å². The van der Waals surface area contributed by atoms with Crippen LogP contribution < -0.4 is 9.47 Å². The van der Waals surface area contributed by atoms with Gasteiger partial charge in [-0.25, -0.2) is 4.39 Å². The van der Waals surface area contributed by atoms with Crippen LogP contribution in [0.2, 0.25) is 0 Å². The first-order chi connectivity index (χ1) is 8.67. The Morgan fingerprint density at radius 3 is 1.95 bits per heavy atom. The maximum atomic E-state index is 13.8. The molecule has 102 valence electrons. The van der Waals surface area contributed by atoms with Crippen LogP contribution in [0.5, 0.6) is 11.5 Å². The number of benzene rings is 2. The molecule has 19 heavy (non-hydrogen) atoms. The average Bonchev–Trinajstić information content (AvgIpc) is 2.42. The fourth-order valence-corrected chi connectivity index (χ4v) is 1.68. The smallest absolute Gasteiger partial charge is 0.201 e. The molecule has 0 atom stereocenters. The van der Waals surface area contributed by atoms with Gasteiger partial charge in [-0.1, -0.05) is 19.6 Å². The van der Waals surface area contributed by atoms with Crippen molar-refractivity contribution < 1.29 is 18.3 Å². The molecule has 0 aromatic heterocycles. The molecule has 0 aliphatic heterocycles. The highest BCUT2D eigenvalue weighted by molar-refractivity contribution is 5.66. The summed E-state index contributed by atoms with van der Waals surface area (Å²) in [6.45, 7) is 0. The molecule has 0 bridgehead atoms. The molecule has 4 heteroatoms. The number of hydrogen-bond acceptors (Lipinski definition) is 2. The Balaban J connectivity index is 0.00000180. The van der Waals surface area contributed by atoms with Crippen molar-refractivity contribution in [3.8, 4) is 22.6 Å². The van der Waals surface area contributed by atoms with Gasteiger partial charge in [-0.3, -0.25) is 0 Å². The second-order valence-electron chi connectivity index (χ2n) is 3.67. The lowest BCUT2D eigenvalue weighted by Gasteiger charge is -2.08. The van der Waals surface area contributed by atoms with Crippen LogP contribution in [-0.2, 0) is 0 Å². The Morgan fingerprint density at radius 1 is 0.789 bits per heavy atom. The van der Waals surface area contributed by atoms with Crippen LogP contribution in [0.3, 0.4) is 0 Å². The van der Waals surface area contributed by atoms with Gasteiger partial charge < -0.3 is 9.47 Å². The van der Waals surface area contributed by atoms with Crippen LogP contribution in [0.4, 0.5) is 8.78 Å². The third-order valence-electron chi connectivity index (χ3n) is 2.67. The molecule has 2 aromatic rings. The summed E-state index contributed by atoms with van der Waals surface area (Å²) in [6, 6.07) is 9.61. The van der Waals surface area contributed by atoms with Gasteiger partial charge in [-0.05, 0) is 29.8 Å². The van der Waals surface area contributed by atoms with Crippen molar-refractivity contribution in [2.45, 2.75) is 7.43 Å². The predicted molar refractivity (Wildman–Crippen MR) is 71.6 cm³/mol. The lowest BCUT2D eigenvalue weighted by Crippen LogP contribution is -1.95. The second-order valence-corrected chi connectivity index (χ2v) is 3.67. The molecule has 0 aliphatic carbocycles. The fourth-order valence-electron chi connectivity index (χ4n) is 1.68. The minimum atomic E-state index is -0.981. The van der Waals surface area contributed by atoms with Crippen molar-refractivity contribution in [3.63, 3.8) is 0 Å². The molecule has 0 aliphatic rings. The maximum Gasteiger partial charge on any atom is 0.201 e. The molecular formula is C15H16F2O2. The monoisotopic (exact) mass is 266 g/mol.